The van der Waals surface area contributed by atoms with Crippen molar-refractivity contribution in [2.75, 3.05) is 0 Å². The highest BCUT2D eigenvalue weighted by molar-refractivity contribution is 5.89. The van der Waals surface area contributed by atoms with Gasteiger partial charge in [-0.25, -0.2) is 9.78 Å². The maximum atomic E-state index is 12.1. The number of aromatic nitrogens is 3. The molecule has 0 radical (unpaired) electrons. The standard InChI is InChI=1S/C16H19N3O2/c1-9(2)12-8-21-15(17-12)11-6-5-7-13-14(11)18-16(20)19(13)10(3)4/h5-10H,1-4H3,(H,18,20). The Balaban J connectivity index is 2.23. The van der Waals surface area contributed by atoms with Crippen LogP contribution >= 0.6 is 0 Å². The van der Waals surface area contributed by atoms with Crippen molar-refractivity contribution in [3.05, 3.63) is 40.6 Å². The molecule has 21 heavy (non-hydrogen) atoms. The van der Waals surface area contributed by atoms with Gasteiger partial charge in [0.1, 0.15) is 6.26 Å². The monoisotopic (exact) mass is 285 g/mol. The minimum Gasteiger partial charge on any atom is -0.444 e. The highest BCUT2D eigenvalue weighted by atomic mass is 16.3. The Hall–Kier alpha value is -2.30. The first kappa shape index (κ1) is 13.7. The molecule has 0 atom stereocenters. The lowest BCUT2D eigenvalue weighted by Crippen LogP contribution is -2.18. The van der Waals surface area contributed by atoms with E-state index in [0.717, 1.165) is 22.3 Å². The van der Waals surface area contributed by atoms with Crippen LogP contribution in [0.15, 0.2) is 33.7 Å². The van der Waals surface area contributed by atoms with Crippen molar-refractivity contribution in [2.24, 2.45) is 0 Å². The van der Waals surface area contributed by atoms with Gasteiger partial charge in [-0.2, -0.15) is 0 Å². The first-order valence-electron chi connectivity index (χ1n) is 7.18. The average molecular weight is 285 g/mol. The number of nitrogens with zero attached hydrogens (tertiary/aromatic N) is 2. The molecule has 1 aromatic carbocycles. The van der Waals surface area contributed by atoms with E-state index in [4.69, 9.17) is 4.42 Å². The maximum absolute atomic E-state index is 12.1. The Morgan fingerprint density at radius 3 is 2.62 bits per heavy atom. The second-order valence-electron chi connectivity index (χ2n) is 5.83. The smallest absolute Gasteiger partial charge is 0.326 e. The number of hydrogen-bond acceptors (Lipinski definition) is 3. The molecule has 1 N–H and O–H groups in total. The van der Waals surface area contributed by atoms with E-state index in [0.29, 0.717) is 11.8 Å². The Morgan fingerprint density at radius 1 is 1.24 bits per heavy atom. The van der Waals surface area contributed by atoms with Gasteiger partial charge in [-0.1, -0.05) is 19.9 Å². The van der Waals surface area contributed by atoms with Crippen LogP contribution in [-0.2, 0) is 0 Å². The zero-order chi connectivity index (χ0) is 15.1. The number of benzene rings is 1. The number of aromatic amines is 1. The summed E-state index contributed by atoms with van der Waals surface area (Å²) in [4.78, 5) is 19.6. The van der Waals surface area contributed by atoms with E-state index in [1.165, 1.54) is 0 Å². The van der Waals surface area contributed by atoms with Gasteiger partial charge in [0.05, 0.1) is 22.3 Å². The van der Waals surface area contributed by atoms with Gasteiger partial charge in [-0.3, -0.25) is 4.57 Å². The molecule has 0 bridgehead atoms. The van der Waals surface area contributed by atoms with Crippen LogP contribution in [0.2, 0.25) is 0 Å². The van der Waals surface area contributed by atoms with Crippen LogP contribution in [0.3, 0.4) is 0 Å². The fourth-order valence-corrected chi connectivity index (χ4v) is 2.51. The number of H-pyrrole nitrogens is 1. The molecule has 0 saturated carbocycles. The molecule has 3 rings (SSSR count). The van der Waals surface area contributed by atoms with Crippen LogP contribution in [0.5, 0.6) is 0 Å². The zero-order valence-electron chi connectivity index (χ0n) is 12.7. The third-order valence-electron chi connectivity index (χ3n) is 3.61. The summed E-state index contributed by atoms with van der Waals surface area (Å²) >= 11 is 0. The molecule has 0 amide bonds. The van der Waals surface area contributed by atoms with Crippen LogP contribution in [-0.4, -0.2) is 14.5 Å². The first-order chi connectivity index (χ1) is 9.99. The Kier molecular flexibility index (Phi) is 3.20. The van der Waals surface area contributed by atoms with E-state index < -0.39 is 0 Å². The summed E-state index contributed by atoms with van der Waals surface area (Å²) in [6, 6.07) is 5.86. The number of rotatable bonds is 3. The number of para-hydroxylation sites is 1. The molecule has 0 aliphatic heterocycles. The molecule has 0 aliphatic carbocycles. The number of nitrogens with one attached hydrogen (secondary N) is 1. The predicted molar refractivity (Wildman–Crippen MR) is 82.5 cm³/mol. The summed E-state index contributed by atoms with van der Waals surface area (Å²) < 4.78 is 7.33. The van der Waals surface area contributed by atoms with E-state index in [2.05, 4.69) is 23.8 Å². The van der Waals surface area contributed by atoms with Crippen LogP contribution in [0.4, 0.5) is 0 Å². The number of hydrogen-bond donors (Lipinski definition) is 1. The lowest BCUT2D eigenvalue weighted by Gasteiger charge is -2.06. The molecule has 5 heteroatoms. The van der Waals surface area contributed by atoms with Gasteiger partial charge in [-0.05, 0) is 31.9 Å². The van der Waals surface area contributed by atoms with E-state index in [-0.39, 0.29) is 11.7 Å². The van der Waals surface area contributed by atoms with Gasteiger partial charge in [0.2, 0.25) is 5.89 Å². The third-order valence-corrected chi connectivity index (χ3v) is 3.61. The lowest BCUT2D eigenvalue weighted by molar-refractivity contribution is 0.571. The predicted octanol–water partition coefficient (Wildman–Crippen LogP) is 3.69. The molecule has 0 unspecified atom stereocenters. The van der Waals surface area contributed by atoms with Crippen molar-refractivity contribution in [2.45, 2.75) is 39.7 Å². The zero-order valence-corrected chi connectivity index (χ0v) is 12.7. The molecule has 2 heterocycles. The summed E-state index contributed by atoms with van der Waals surface area (Å²) in [6.45, 7) is 8.12. The van der Waals surface area contributed by atoms with Crippen LogP contribution < -0.4 is 5.69 Å². The minimum absolute atomic E-state index is 0.0947. The Labute approximate surface area is 122 Å². The van der Waals surface area contributed by atoms with Crippen molar-refractivity contribution in [1.29, 1.82) is 0 Å². The van der Waals surface area contributed by atoms with Crippen molar-refractivity contribution in [3.8, 4) is 11.5 Å². The number of fused-ring (bicyclic) bond motifs is 1. The molecule has 3 aromatic rings. The Bertz CT molecular complexity index is 837. The molecule has 0 fully saturated rings. The molecule has 0 saturated heterocycles. The summed E-state index contributed by atoms with van der Waals surface area (Å²) in [5.74, 6) is 0.850. The second kappa shape index (κ2) is 4.91. The van der Waals surface area contributed by atoms with E-state index >= 15 is 0 Å². The Morgan fingerprint density at radius 2 is 2.00 bits per heavy atom. The van der Waals surface area contributed by atoms with Crippen LogP contribution in [0.1, 0.15) is 45.3 Å². The summed E-state index contributed by atoms with van der Waals surface area (Å²) in [7, 11) is 0. The van der Waals surface area contributed by atoms with Crippen molar-refractivity contribution in [3.63, 3.8) is 0 Å². The average Bonchev–Trinajstić information content (AvgIpc) is 3.00. The fourth-order valence-electron chi connectivity index (χ4n) is 2.51. The largest absolute Gasteiger partial charge is 0.444 e. The number of imidazole rings is 1. The highest BCUT2D eigenvalue weighted by Crippen LogP contribution is 2.28. The van der Waals surface area contributed by atoms with Crippen molar-refractivity contribution >= 4 is 11.0 Å². The van der Waals surface area contributed by atoms with Gasteiger partial charge in [0, 0.05) is 6.04 Å². The van der Waals surface area contributed by atoms with Gasteiger partial charge in [0.25, 0.3) is 0 Å². The van der Waals surface area contributed by atoms with E-state index in [9.17, 15) is 4.79 Å². The van der Waals surface area contributed by atoms with Crippen molar-refractivity contribution < 1.29 is 4.42 Å². The quantitative estimate of drug-likeness (QED) is 0.798. The van der Waals surface area contributed by atoms with Gasteiger partial charge in [0.15, 0.2) is 0 Å². The SMILES string of the molecule is CC(C)c1coc(-c2cccc3c2[nH]c(=O)n3C(C)C)n1. The highest BCUT2D eigenvalue weighted by Gasteiger charge is 2.16. The molecule has 2 aromatic heterocycles. The summed E-state index contributed by atoms with van der Waals surface area (Å²) in [5.41, 5.74) is 3.26. The molecular weight excluding hydrogens is 266 g/mol. The van der Waals surface area contributed by atoms with Crippen molar-refractivity contribution in [1.82, 2.24) is 14.5 Å². The van der Waals surface area contributed by atoms with E-state index in [1.54, 1.807) is 10.8 Å². The van der Waals surface area contributed by atoms with E-state index in [1.807, 2.05) is 32.0 Å². The molecule has 5 nitrogen and oxygen atoms in total. The molecule has 0 aliphatic rings. The molecule has 0 spiro atoms. The lowest BCUT2D eigenvalue weighted by atomic mass is 10.1. The fraction of sp³-hybridized carbons (Fsp3) is 0.375. The van der Waals surface area contributed by atoms with Gasteiger partial charge >= 0.3 is 5.69 Å². The number of oxazole rings is 1. The molecule has 110 valence electrons. The second-order valence-corrected chi connectivity index (χ2v) is 5.83. The summed E-state index contributed by atoms with van der Waals surface area (Å²) in [5, 5.41) is 0. The van der Waals surface area contributed by atoms with Crippen LogP contribution in [0.25, 0.3) is 22.5 Å². The normalized spacial score (nSPS) is 11.9. The third kappa shape index (κ3) is 2.18. The minimum atomic E-state index is -0.108. The van der Waals surface area contributed by atoms with Gasteiger partial charge < -0.3 is 9.40 Å². The van der Waals surface area contributed by atoms with Gasteiger partial charge in [-0.15, -0.1) is 0 Å². The topological polar surface area (TPSA) is 63.8 Å². The molecular formula is C16H19N3O2. The maximum Gasteiger partial charge on any atom is 0.326 e. The summed E-state index contributed by atoms with van der Waals surface area (Å²) in [6.07, 6.45) is 1.68. The van der Waals surface area contributed by atoms with Crippen LogP contribution in [0, 0.1) is 0 Å². The first-order valence-corrected chi connectivity index (χ1v) is 7.18.